The van der Waals surface area contributed by atoms with Crippen molar-refractivity contribution < 1.29 is 22.7 Å². The number of fused-ring (bicyclic) bond motifs is 1. The third-order valence-electron chi connectivity index (χ3n) is 7.76. The molecule has 1 aromatic heterocycles. The summed E-state index contributed by atoms with van der Waals surface area (Å²) in [6, 6.07) is 9.19. The summed E-state index contributed by atoms with van der Waals surface area (Å²) in [6.07, 6.45) is -0.249. The lowest BCUT2D eigenvalue weighted by Gasteiger charge is -2.42. The topological polar surface area (TPSA) is 114 Å². The number of nitrogen functional groups attached to an aromatic ring is 1. The van der Waals surface area contributed by atoms with Gasteiger partial charge in [0.15, 0.2) is 11.9 Å². The van der Waals surface area contributed by atoms with Gasteiger partial charge in [-0.25, -0.2) is 0 Å². The van der Waals surface area contributed by atoms with E-state index in [4.69, 9.17) is 16.2 Å². The number of anilines is 2. The molecular weight excluding hydrogens is 497 g/mol. The number of primary amides is 1. The Kier molecular flexibility index (Phi) is 7.13. The summed E-state index contributed by atoms with van der Waals surface area (Å²) in [5, 5.41) is 7.01. The first kappa shape index (κ1) is 26.1. The number of hydrogen-bond donors (Lipinski definition) is 3. The Morgan fingerprint density at radius 1 is 1.08 bits per heavy atom. The lowest BCUT2D eigenvalue weighted by Crippen LogP contribution is -2.51. The second-order valence-corrected chi connectivity index (χ2v) is 10.2. The first-order chi connectivity index (χ1) is 18.1. The quantitative estimate of drug-likeness (QED) is 0.426. The molecule has 2 heterocycles. The van der Waals surface area contributed by atoms with Crippen molar-refractivity contribution in [2.24, 2.45) is 5.73 Å². The number of alkyl halides is 3. The van der Waals surface area contributed by atoms with E-state index in [1.54, 1.807) is 18.2 Å². The highest BCUT2D eigenvalue weighted by atomic mass is 19.4. The standard InChI is InChI=1S/C27H33F3N6O2/c1-16(27(28,29)30)38-23-15-18(13-21-24(23)25(31)34-33-21)17-7-8-20(26(32)37)22(14-17)36-11-9-35(10-12-36)19-5-3-2-4-6-19/h7-8,13-16,19H,2-6,9-12H2,1H3,(H2,32,37)(H3,31,33,34). The molecule has 1 saturated heterocycles. The van der Waals surface area contributed by atoms with Crippen LogP contribution in [0.25, 0.3) is 22.0 Å². The highest BCUT2D eigenvalue weighted by Crippen LogP contribution is 2.38. The maximum atomic E-state index is 13.3. The fourth-order valence-corrected chi connectivity index (χ4v) is 5.62. The number of carbonyl (C=O) groups is 1. The van der Waals surface area contributed by atoms with Crippen LogP contribution >= 0.6 is 0 Å². The number of piperazine rings is 1. The zero-order chi connectivity index (χ0) is 27.0. The largest absolute Gasteiger partial charge is 0.480 e. The average molecular weight is 531 g/mol. The van der Waals surface area contributed by atoms with Crippen LogP contribution in [0.1, 0.15) is 49.4 Å². The van der Waals surface area contributed by atoms with Gasteiger partial charge in [-0.05, 0) is 55.2 Å². The predicted octanol–water partition coefficient (Wildman–Crippen LogP) is 4.70. The first-order valence-electron chi connectivity index (χ1n) is 13.1. The monoisotopic (exact) mass is 530 g/mol. The molecule has 38 heavy (non-hydrogen) atoms. The molecule has 1 amide bonds. The van der Waals surface area contributed by atoms with Crippen molar-refractivity contribution in [2.75, 3.05) is 36.8 Å². The van der Waals surface area contributed by atoms with Crippen LogP contribution in [0.3, 0.4) is 0 Å². The lowest BCUT2D eigenvalue weighted by atomic mass is 9.93. The first-order valence-corrected chi connectivity index (χ1v) is 13.1. The number of hydrogen-bond acceptors (Lipinski definition) is 6. The summed E-state index contributed by atoms with van der Waals surface area (Å²) in [5.41, 5.74) is 14.5. The number of amides is 1. The molecular formula is C27H33F3N6O2. The van der Waals surface area contributed by atoms with Crippen LogP contribution in [0.2, 0.25) is 0 Å². The van der Waals surface area contributed by atoms with E-state index in [2.05, 4.69) is 20.0 Å². The Hall–Kier alpha value is -3.47. The smallest absolute Gasteiger partial charge is 0.425 e. The van der Waals surface area contributed by atoms with Crippen LogP contribution in [-0.4, -0.2) is 65.5 Å². The van der Waals surface area contributed by atoms with Gasteiger partial charge < -0.3 is 21.1 Å². The number of rotatable bonds is 6. The normalized spacial score (nSPS) is 18.6. The van der Waals surface area contributed by atoms with Gasteiger partial charge in [0, 0.05) is 32.2 Å². The number of H-pyrrole nitrogens is 1. The number of benzene rings is 2. The molecule has 8 nitrogen and oxygen atoms in total. The number of nitrogens with two attached hydrogens (primary N) is 2. The van der Waals surface area contributed by atoms with Crippen molar-refractivity contribution in [1.29, 1.82) is 0 Å². The van der Waals surface area contributed by atoms with Gasteiger partial charge in [0.1, 0.15) is 5.75 Å². The minimum absolute atomic E-state index is 0.0183. The van der Waals surface area contributed by atoms with Gasteiger partial charge in [-0.1, -0.05) is 25.3 Å². The molecule has 1 aliphatic carbocycles. The van der Waals surface area contributed by atoms with Crippen molar-refractivity contribution in [2.45, 2.75) is 57.3 Å². The number of nitrogens with one attached hydrogen (secondary N) is 1. The summed E-state index contributed by atoms with van der Waals surface area (Å²) in [4.78, 5) is 17.0. The SMILES string of the molecule is CC(Oc1cc(-c2ccc(C(N)=O)c(N3CCN(C4CCCCC4)CC3)c2)cc2[nH]nc(N)c12)C(F)(F)F. The average Bonchev–Trinajstić information content (AvgIpc) is 3.29. The molecule has 1 unspecified atom stereocenters. The summed E-state index contributed by atoms with van der Waals surface area (Å²) >= 11 is 0. The molecule has 1 aliphatic heterocycles. The highest BCUT2D eigenvalue weighted by Gasteiger charge is 2.38. The van der Waals surface area contributed by atoms with Gasteiger partial charge in [-0.2, -0.15) is 18.3 Å². The molecule has 5 rings (SSSR count). The number of ether oxygens (including phenoxy) is 1. The van der Waals surface area contributed by atoms with Crippen molar-refractivity contribution in [3.8, 4) is 16.9 Å². The zero-order valence-electron chi connectivity index (χ0n) is 21.4. The molecule has 0 radical (unpaired) electrons. The summed E-state index contributed by atoms with van der Waals surface area (Å²) in [6.45, 7) is 4.27. The van der Waals surface area contributed by atoms with E-state index in [-0.39, 0.29) is 17.0 Å². The summed E-state index contributed by atoms with van der Waals surface area (Å²) in [7, 11) is 0. The number of aromatic amines is 1. The molecule has 0 spiro atoms. The van der Waals surface area contributed by atoms with Crippen LogP contribution in [0, 0.1) is 0 Å². The van der Waals surface area contributed by atoms with E-state index in [9.17, 15) is 18.0 Å². The zero-order valence-corrected chi connectivity index (χ0v) is 21.4. The van der Waals surface area contributed by atoms with Gasteiger partial charge in [0.05, 0.1) is 22.2 Å². The molecule has 11 heteroatoms. The summed E-state index contributed by atoms with van der Waals surface area (Å²) in [5.74, 6) is -0.493. The van der Waals surface area contributed by atoms with E-state index in [1.165, 1.54) is 38.2 Å². The van der Waals surface area contributed by atoms with Crippen molar-refractivity contribution in [3.63, 3.8) is 0 Å². The van der Waals surface area contributed by atoms with E-state index < -0.39 is 18.2 Å². The highest BCUT2D eigenvalue weighted by molar-refractivity contribution is 6.01. The van der Waals surface area contributed by atoms with Crippen LogP contribution in [0.4, 0.5) is 24.7 Å². The fraction of sp³-hybridized carbons (Fsp3) is 0.481. The second kappa shape index (κ2) is 10.4. The van der Waals surface area contributed by atoms with Crippen LogP contribution < -0.4 is 21.1 Å². The molecule has 3 aromatic rings. The molecule has 5 N–H and O–H groups in total. The Morgan fingerprint density at radius 2 is 1.79 bits per heavy atom. The Morgan fingerprint density at radius 3 is 2.45 bits per heavy atom. The van der Waals surface area contributed by atoms with E-state index in [0.29, 0.717) is 33.9 Å². The van der Waals surface area contributed by atoms with Crippen molar-refractivity contribution in [1.82, 2.24) is 15.1 Å². The predicted molar refractivity (Wildman–Crippen MR) is 141 cm³/mol. The minimum Gasteiger partial charge on any atom is -0.480 e. The molecule has 2 aromatic carbocycles. The van der Waals surface area contributed by atoms with Gasteiger partial charge in [0.25, 0.3) is 5.91 Å². The minimum atomic E-state index is -4.54. The van der Waals surface area contributed by atoms with Crippen molar-refractivity contribution >= 4 is 28.3 Å². The maximum absolute atomic E-state index is 13.3. The van der Waals surface area contributed by atoms with Gasteiger partial charge in [-0.3, -0.25) is 14.8 Å². The third-order valence-corrected chi connectivity index (χ3v) is 7.76. The molecule has 2 fully saturated rings. The Labute approximate surface area is 219 Å². The molecule has 0 bridgehead atoms. The molecule has 2 aliphatic rings. The number of nitrogens with zero attached hydrogens (tertiary/aromatic N) is 3. The lowest BCUT2D eigenvalue weighted by molar-refractivity contribution is -0.188. The van der Waals surface area contributed by atoms with Crippen molar-refractivity contribution in [3.05, 3.63) is 35.9 Å². The van der Waals surface area contributed by atoms with Gasteiger partial charge in [-0.15, -0.1) is 0 Å². The van der Waals surface area contributed by atoms with Crippen LogP contribution in [0.5, 0.6) is 5.75 Å². The van der Waals surface area contributed by atoms with Crippen LogP contribution in [0.15, 0.2) is 30.3 Å². The van der Waals surface area contributed by atoms with Crippen LogP contribution in [-0.2, 0) is 0 Å². The van der Waals surface area contributed by atoms with E-state index >= 15 is 0 Å². The Bertz CT molecular complexity index is 1310. The third kappa shape index (κ3) is 5.24. The second-order valence-electron chi connectivity index (χ2n) is 10.2. The number of aromatic nitrogens is 2. The molecule has 204 valence electrons. The number of halogens is 3. The van der Waals surface area contributed by atoms with Gasteiger partial charge >= 0.3 is 6.18 Å². The summed E-state index contributed by atoms with van der Waals surface area (Å²) < 4.78 is 45.1. The maximum Gasteiger partial charge on any atom is 0.425 e. The fourth-order valence-electron chi connectivity index (χ4n) is 5.62. The molecule has 1 atom stereocenters. The molecule has 1 saturated carbocycles. The van der Waals surface area contributed by atoms with E-state index in [0.717, 1.165) is 33.1 Å². The Balaban J connectivity index is 1.47. The van der Waals surface area contributed by atoms with E-state index in [1.807, 2.05) is 6.07 Å². The van der Waals surface area contributed by atoms with Gasteiger partial charge in [0.2, 0.25) is 0 Å². The number of carbonyl (C=O) groups excluding carboxylic acids is 1.